The van der Waals surface area contributed by atoms with E-state index in [-0.39, 0.29) is 15.6 Å². The number of nitrogens with one attached hydrogen (secondary N) is 1. The quantitative estimate of drug-likeness (QED) is 0.348. The minimum absolute atomic E-state index is 0.109. The largest absolute Gasteiger partial charge is 0.495 e. The zero-order valence-electron chi connectivity index (χ0n) is 17.7. The van der Waals surface area contributed by atoms with Crippen molar-refractivity contribution in [1.29, 1.82) is 0 Å². The van der Waals surface area contributed by atoms with Crippen molar-refractivity contribution in [3.05, 3.63) is 76.8 Å². The first-order valence-corrected chi connectivity index (χ1v) is 12.2. The number of methoxy groups -OCH3 is 1. The molecule has 1 N–H and O–H groups in total. The van der Waals surface area contributed by atoms with E-state index in [0.29, 0.717) is 22.8 Å². The molecule has 0 bridgehead atoms. The van der Waals surface area contributed by atoms with Gasteiger partial charge in [0.05, 0.1) is 23.2 Å². The molecule has 0 radical (unpaired) electrons. The maximum absolute atomic E-state index is 13.4. The number of halogens is 1. The number of ether oxygens (including phenoxy) is 1. The van der Waals surface area contributed by atoms with Gasteiger partial charge in [-0.15, -0.1) is 5.10 Å². The Morgan fingerprint density at radius 3 is 2.55 bits per heavy atom. The molecule has 2 aromatic heterocycles. The van der Waals surface area contributed by atoms with Gasteiger partial charge in [-0.3, -0.25) is 0 Å². The summed E-state index contributed by atoms with van der Waals surface area (Å²) in [7, 11) is -2.36. The first-order valence-electron chi connectivity index (χ1n) is 9.95. The fraction of sp³-hybridized carbons (Fsp3) is 0.0870. The summed E-state index contributed by atoms with van der Waals surface area (Å²) in [5.74, 6) is 1.11. The van der Waals surface area contributed by atoms with Crippen molar-refractivity contribution in [3.63, 3.8) is 0 Å². The smallest absolute Gasteiger partial charge is 0.229 e. The summed E-state index contributed by atoms with van der Waals surface area (Å²) < 4.78 is 34.4. The lowest BCUT2D eigenvalue weighted by molar-refractivity contribution is 0.416. The van der Waals surface area contributed by atoms with E-state index in [1.54, 1.807) is 19.2 Å². The van der Waals surface area contributed by atoms with Crippen molar-refractivity contribution in [3.8, 4) is 5.75 Å². The fourth-order valence-electron chi connectivity index (χ4n) is 3.59. The highest BCUT2D eigenvalue weighted by atomic mass is 79.9. The van der Waals surface area contributed by atoms with E-state index in [9.17, 15) is 8.42 Å². The van der Waals surface area contributed by atoms with Crippen molar-refractivity contribution in [2.45, 2.75) is 16.8 Å². The number of para-hydroxylation sites is 1. The summed E-state index contributed by atoms with van der Waals surface area (Å²) in [5, 5.41) is 12.0. The summed E-state index contributed by atoms with van der Waals surface area (Å²) >= 11 is 3.33. The van der Waals surface area contributed by atoms with Gasteiger partial charge >= 0.3 is 0 Å². The monoisotopic (exact) mass is 523 g/mol. The first kappa shape index (κ1) is 21.4. The van der Waals surface area contributed by atoms with Crippen LogP contribution in [0.1, 0.15) is 5.56 Å². The van der Waals surface area contributed by atoms with Crippen LogP contribution in [0.4, 0.5) is 11.5 Å². The zero-order chi connectivity index (χ0) is 23.2. The highest BCUT2D eigenvalue weighted by Crippen LogP contribution is 2.33. The van der Waals surface area contributed by atoms with Gasteiger partial charge in [0.1, 0.15) is 11.6 Å². The lowest BCUT2D eigenvalue weighted by atomic mass is 10.2. The highest BCUT2D eigenvalue weighted by Gasteiger charge is 2.27. The lowest BCUT2D eigenvalue weighted by Crippen LogP contribution is -2.06. The molecule has 0 aliphatic carbocycles. The molecule has 0 aliphatic heterocycles. The number of sulfone groups is 1. The molecule has 3 aromatic carbocycles. The van der Waals surface area contributed by atoms with E-state index in [2.05, 4.69) is 36.5 Å². The number of hydrogen-bond acceptors (Lipinski definition) is 7. The number of nitrogens with zero attached hydrogens (tertiary/aromatic N) is 4. The predicted octanol–water partition coefficient (Wildman–Crippen LogP) is 4.93. The van der Waals surface area contributed by atoms with Crippen LogP contribution >= 0.6 is 15.9 Å². The molecule has 10 heteroatoms. The molecule has 0 saturated heterocycles. The van der Waals surface area contributed by atoms with Crippen LogP contribution in [0.25, 0.3) is 16.6 Å². The summed E-state index contributed by atoms with van der Waals surface area (Å²) in [4.78, 5) is 4.77. The van der Waals surface area contributed by atoms with Crippen LogP contribution in [0, 0.1) is 6.92 Å². The van der Waals surface area contributed by atoms with Crippen LogP contribution in [0.2, 0.25) is 0 Å². The SMILES string of the molecule is COc1ccc(C)cc1Nc1nc2c(S(=O)(=O)c3ccc(Br)cc3)nnn2c2ccccc12. The molecular formula is C23H18BrN5O3S. The maximum Gasteiger partial charge on any atom is 0.229 e. The number of hydrogen-bond donors (Lipinski definition) is 1. The number of fused-ring (bicyclic) bond motifs is 3. The number of anilines is 2. The summed E-state index contributed by atoms with van der Waals surface area (Å²) in [6.45, 7) is 1.98. The van der Waals surface area contributed by atoms with Gasteiger partial charge in [-0.2, -0.15) is 4.52 Å². The van der Waals surface area contributed by atoms with E-state index in [4.69, 9.17) is 4.74 Å². The number of benzene rings is 3. The Labute approximate surface area is 198 Å². The Bertz CT molecular complexity index is 1620. The molecule has 0 unspecified atom stereocenters. The van der Waals surface area contributed by atoms with E-state index in [1.807, 2.05) is 49.4 Å². The molecule has 8 nitrogen and oxygen atoms in total. The Kier molecular flexibility index (Phi) is 5.26. The molecule has 166 valence electrons. The van der Waals surface area contributed by atoms with Gasteiger partial charge in [-0.25, -0.2) is 13.4 Å². The molecule has 0 fully saturated rings. The van der Waals surface area contributed by atoms with Gasteiger partial charge in [0.2, 0.25) is 14.9 Å². The normalized spacial score (nSPS) is 11.7. The Hall–Kier alpha value is -3.50. The molecule has 0 saturated carbocycles. The van der Waals surface area contributed by atoms with Gasteiger partial charge in [-0.05, 0) is 61.0 Å². The van der Waals surface area contributed by atoms with E-state index >= 15 is 0 Å². The summed E-state index contributed by atoms with van der Waals surface area (Å²) in [5.41, 5.74) is 2.55. The Morgan fingerprint density at radius 1 is 1.03 bits per heavy atom. The topological polar surface area (TPSA) is 98.5 Å². The first-order chi connectivity index (χ1) is 15.9. The second-order valence-electron chi connectivity index (χ2n) is 7.39. The molecular weight excluding hydrogens is 506 g/mol. The standard InChI is InChI=1S/C23H18BrN5O3S/c1-14-7-12-20(32-2)18(13-14)25-21-17-5-3-4-6-19(17)29-22(26-21)23(27-28-29)33(30,31)16-10-8-15(24)9-11-16/h3-13H,1-2H3,(H,25,26). The molecule has 0 amide bonds. The lowest BCUT2D eigenvalue weighted by Gasteiger charge is -2.14. The third-order valence-electron chi connectivity index (χ3n) is 5.21. The third-order valence-corrected chi connectivity index (χ3v) is 7.40. The molecule has 5 rings (SSSR count). The molecule has 0 spiro atoms. The van der Waals surface area contributed by atoms with Gasteiger partial charge in [0.25, 0.3) is 0 Å². The van der Waals surface area contributed by atoms with Gasteiger partial charge in [-0.1, -0.05) is 39.3 Å². The van der Waals surface area contributed by atoms with E-state index in [1.165, 1.54) is 16.6 Å². The van der Waals surface area contributed by atoms with Crippen molar-refractivity contribution >= 4 is 53.8 Å². The van der Waals surface area contributed by atoms with Crippen LogP contribution in [-0.4, -0.2) is 35.3 Å². The maximum atomic E-state index is 13.4. The van der Waals surface area contributed by atoms with Gasteiger partial charge in [0.15, 0.2) is 5.65 Å². The van der Waals surface area contributed by atoms with Crippen molar-refractivity contribution in [2.75, 3.05) is 12.4 Å². The van der Waals surface area contributed by atoms with Crippen LogP contribution in [0.3, 0.4) is 0 Å². The van der Waals surface area contributed by atoms with Crippen LogP contribution < -0.4 is 10.1 Å². The van der Waals surface area contributed by atoms with E-state index < -0.39 is 9.84 Å². The second-order valence-corrected chi connectivity index (χ2v) is 10.2. The number of aryl methyl sites for hydroxylation is 1. The van der Waals surface area contributed by atoms with Crippen LogP contribution in [0.5, 0.6) is 5.75 Å². The molecule has 2 heterocycles. The van der Waals surface area contributed by atoms with Crippen molar-refractivity contribution in [2.24, 2.45) is 0 Å². The van der Waals surface area contributed by atoms with Crippen LogP contribution in [0.15, 0.2) is 81.1 Å². The van der Waals surface area contributed by atoms with E-state index in [0.717, 1.165) is 15.4 Å². The average molecular weight is 524 g/mol. The third kappa shape index (κ3) is 3.70. The predicted molar refractivity (Wildman–Crippen MR) is 129 cm³/mol. The Balaban J connectivity index is 1.74. The zero-order valence-corrected chi connectivity index (χ0v) is 20.1. The fourth-order valence-corrected chi connectivity index (χ4v) is 5.09. The molecule has 5 aromatic rings. The number of aromatic nitrogens is 4. The molecule has 0 atom stereocenters. The minimum atomic E-state index is -3.95. The molecule has 33 heavy (non-hydrogen) atoms. The van der Waals surface area contributed by atoms with Gasteiger partial charge < -0.3 is 10.1 Å². The molecule has 0 aliphatic rings. The number of rotatable bonds is 5. The Morgan fingerprint density at radius 2 is 1.79 bits per heavy atom. The minimum Gasteiger partial charge on any atom is -0.495 e. The van der Waals surface area contributed by atoms with Crippen molar-refractivity contribution < 1.29 is 13.2 Å². The van der Waals surface area contributed by atoms with Gasteiger partial charge in [0, 0.05) is 9.86 Å². The highest BCUT2D eigenvalue weighted by molar-refractivity contribution is 9.10. The van der Waals surface area contributed by atoms with Crippen LogP contribution in [-0.2, 0) is 9.84 Å². The average Bonchev–Trinajstić information content (AvgIpc) is 3.25. The summed E-state index contributed by atoms with van der Waals surface area (Å²) in [6, 6.07) is 19.6. The van der Waals surface area contributed by atoms with Crippen molar-refractivity contribution in [1.82, 2.24) is 19.8 Å². The second kappa shape index (κ2) is 8.13. The summed E-state index contributed by atoms with van der Waals surface area (Å²) in [6.07, 6.45) is 0.